The van der Waals surface area contributed by atoms with Gasteiger partial charge in [0, 0.05) is 93.4 Å². The molecule has 1 aliphatic carbocycles. The Hall–Kier alpha value is -7.61. The molecular weight excluding hydrogens is 1360 g/mol. The number of hydrogen-bond donors (Lipinski definition) is 18. The van der Waals surface area contributed by atoms with E-state index in [1.165, 1.54) is 80.7 Å². The van der Waals surface area contributed by atoms with Gasteiger partial charge in [-0.05, 0) is 106 Å². The van der Waals surface area contributed by atoms with Gasteiger partial charge in [-0.3, -0.25) is 33.6 Å². The van der Waals surface area contributed by atoms with Crippen molar-refractivity contribution in [2.75, 3.05) is 90.4 Å². The van der Waals surface area contributed by atoms with Gasteiger partial charge in [0.1, 0.15) is 52.9 Å². The Bertz CT molecular complexity index is 3450. The van der Waals surface area contributed by atoms with Gasteiger partial charge in [-0.2, -0.15) is 0 Å². The van der Waals surface area contributed by atoms with E-state index < -0.39 is 184 Å². The second-order valence-corrected chi connectivity index (χ2v) is 28.5. The fourth-order valence-electron chi connectivity index (χ4n) is 13.7. The van der Waals surface area contributed by atoms with E-state index in [1.807, 2.05) is 12.1 Å². The smallest absolute Gasteiger partial charge is 0.251 e. The van der Waals surface area contributed by atoms with Gasteiger partial charge in [-0.1, -0.05) is 55.7 Å². The van der Waals surface area contributed by atoms with E-state index in [-0.39, 0.29) is 68.2 Å². The molecule has 103 heavy (non-hydrogen) atoms. The Kier molecular flexibility index (Phi) is 29.3. The molecule has 3 aromatic carbocycles. The van der Waals surface area contributed by atoms with Crippen molar-refractivity contribution in [1.29, 1.82) is 0 Å². The number of hydrogen-bond acceptors (Lipinski definition) is 26. The lowest BCUT2D eigenvalue weighted by Gasteiger charge is -2.34. The maximum absolute atomic E-state index is 15.1. The van der Waals surface area contributed by atoms with Crippen LogP contribution < -0.4 is 46.9 Å². The summed E-state index contributed by atoms with van der Waals surface area (Å²) in [7, 11) is 0. The average molecular weight is 1460 g/mol. The molecule has 0 bridgehead atoms. The Morgan fingerprint density at radius 1 is 0.680 bits per heavy atom. The van der Waals surface area contributed by atoms with E-state index in [4.69, 9.17) is 9.47 Å². The first-order chi connectivity index (χ1) is 49.5. The molecule has 9 rings (SSSR count). The van der Waals surface area contributed by atoms with Crippen LogP contribution in [0.5, 0.6) is 11.5 Å². The predicted octanol–water partition coefficient (Wildman–Crippen LogP) is -3.25. The number of β-amino-alcohol motifs (C(OH)–C–C–N with tert-alkyl or cyclic N) is 1. The van der Waals surface area contributed by atoms with E-state index in [2.05, 4.69) is 64.4 Å². The highest BCUT2D eigenvalue weighted by molar-refractivity contribution is 7.17. The van der Waals surface area contributed by atoms with Crippen molar-refractivity contribution in [3.63, 3.8) is 0 Å². The molecule has 4 saturated heterocycles. The van der Waals surface area contributed by atoms with E-state index in [0.29, 0.717) is 21.5 Å². The number of piperidine rings is 1. The summed E-state index contributed by atoms with van der Waals surface area (Å²) in [4.78, 5) is 107. The molecule has 32 nitrogen and oxygen atoms in total. The largest absolute Gasteiger partial charge is 0.504 e. The van der Waals surface area contributed by atoms with Crippen molar-refractivity contribution in [3.05, 3.63) is 77.9 Å². The maximum atomic E-state index is 15.1. The molecule has 5 fully saturated rings. The van der Waals surface area contributed by atoms with Crippen LogP contribution in [-0.4, -0.2) is 294 Å². The zero-order valence-electron chi connectivity index (χ0n) is 57.9. The number of ether oxygens (including phenoxy) is 2. The highest BCUT2D eigenvalue weighted by Crippen LogP contribution is 2.34. The number of carbonyl (C=O) groups is 7. The van der Waals surface area contributed by atoms with Crippen LogP contribution in [0.25, 0.3) is 21.1 Å². The van der Waals surface area contributed by atoms with Gasteiger partial charge in [0.2, 0.25) is 35.4 Å². The van der Waals surface area contributed by atoms with Crippen molar-refractivity contribution in [3.8, 4) is 32.6 Å². The van der Waals surface area contributed by atoms with Crippen molar-refractivity contribution in [1.82, 2.24) is 57.2 Å². The quantitative estimate of drug-likeness (QED) is 0.0275. The lowest BCUT2D eigenvalue weighted by Crippen LogP contribution is -2.64. The van der Waals surface area contributed by atoms with Crippen LogP contribution in [0.3, 0.4) is 0 Å². The van der Waals surface area contributed by atoms with Crippen molar-refractivity contribution in [2.45, 2.75) is 176 Å². The Morgan fingerprint density at radius 3 is 1.93 bits per heavy atom. The SMILES string of the molecule is C[C@@H](O)[C@@H]1NC(=O)C(NC(=O)c2ccc(-c3nnc(-c4ccc(N5CCC(OCC6CCCCC6)CC5)cc4)s3)cc2)C[C@@H](O)CNC(=O)[C@@H]2[C@@H](O)[C@@H](C)CN2C(=O)[C@H]([C@H](O)CCNC(CO)CO)NC(=O)[C@H]([C@H](O)Cc2ccc(O)c(OCCNC(CO)CO)c2)NC(=O)[C@@H]2C[C@@H](O)CN2C1=O. The van der Waals surface area contributed by atoms with E-state index in [1.54, 1.807) is 12.1 Å². The van der Waals surface area contributed by atoms with Crippen molar-refractivity contribution >= 4 is 58.4 Å². The number of aromatic hydroxyl groups is 1. The van der Waals surface area contributed by atoms with Crippen LogP contribution in [0.15, 0.2) is 66.7 Å². The maximum Gasteiger partial charge on any atom is 0.251 e. The summed E-state index contributed by atoms with van der Waals surface area (Å²) < 4.78 is 12.1. The van der Waals surface area contributed by atoms with Crippen LogP contribution in [0.2, 0.25) is 0 Å². The number of benzene rings is 3. The molecule has 13 atom stereocenters. The lowest BCUT2D eigenvalue weighted by atomic mass is 9.90. The normalized spacial score (nSPS) is 25.7. The van der Waals surface area contributed by atoms with Crippen LogP contribution >= 0.6 is 11.3 Å². The number of rotatable bonds is 26. The van der Waals surface area contributed by atoms with Gasteiger partial charge in [0.05, 0.1) is 81.2 Å². The first kappa shape index (κ1) is 79.5. The monoisotopic (exact) mass is 1460 g/mol. The summed E-state index contributed by atoms with van der Waals surface area (Å²) in [6.45, 7) is 1.61. The van der Waals surface area contributed by atoms with Crippen LogP contribution in [-0.2, 0) is 39.9 Å². The molecule has 5 aliphatic rings. The third kappa shape index (κ3) is 21.1. The standard InChI is InChI=1S/C70H100N12O20S/c1-38-31-82-60(61(38)93)66(98)73-30-48(88)28-51(74-62(94)42-9-11-43(12-10-42)67-78-79-68(103-67)44-13-15-47(16-14-44)80-23-19-50(20-24-80)102-37-40-6-4-3-5-7-40)63(95)75-57(39(2)87)69(99)81-32-49(89)29-52(81)64(96)76-58(65(97)77-59(70(82)100)54(91)18-21-71-45(33-83)34-84)55(92)26-41-8-17-53(90)56(27-41)101-25-22-72-46(35-85)36-86/h8-17,27,38-40,45-46,48-52,54-55,57-61,71-72,83-93H,3-7,18-26,28-37H2,1-2H3,(H,73,98)(H,74,94)(H,75,95)(H,76,96)(H,77,97)/t38-,39+,48+,49+,51?,52-,54+,55+,57-,58-,59-,60-,61-/m0/s1. The molecule has 18 N–H and O–H groups in total. The summed E-state index contributed by atoms with van der Waals surface area (Å²) in [5.41, 5.74) is 2.77. The topological polar surface area (TPSA) is 480 Å². The summed E-state index contributed by atoms with van der Waals surface area (Å²) in [5.74, 6) is -8.52. The minimum Gasteiger partial charge on any atom is -0.504 e. The number of nitrogens with one attached hydrogen (secondary N) is 7. The number of nitrogens with zero attached hydrogens (tertiary/aromatic N) is 5. The Labute approximate surface area is 600 Å². The molecule has 1 unspecified atom stereocenters. The lowest BCUT2D eigenvalue weighted by molar-refractivity contribution is -0.147. The summed E-state index contributed by atoms with van der Waals surface area (Å²) in [5, 5.41) is 147. The second kappa shape index (κ2) is 37.9. The zero-order chi connectivity index (χ0) is 74.0. The fraction of sp³-hybridized carbons (Fsp3) is 0.614. The van der Waals surface area contributed by atoms with Gasteiger partial charge in [-0.15, -0.1) is 10.2 Å². The van der Waals surface area contributed by atoms with Crippen molar-refractivity contribution in [2.24, 2.45) is 11.8 Å². The third-order valence-corrected chi connectivity index (χ3v) is 20.8. The molecule has 33 heteroatoms. The number of phenolic OH excluding ortho intramolecular Hbond substituents is 1. The average Bonchev–Trinajstić information content (AvgIpc) is 1.67. The van der Waals surface area contributed by atoms with Crippen LogP contribution in [0.4, 0.5) is 5.69 Å². The van der Waals surface area contributed by atoms with Gasteiger partial charge < -0.3 is 118 Å². The highest BCUT2D eigenvalue weighted by Gasteiger charge is 2.50. The molecule has 4 aliphatic heterocycles. The minimum atomic E-state index is -2.14. The Balaban J connectivity index is 0.953. The number of phenols is 1. The van der Waals surface area contributed by atoms with Crippen LogP contribution in [0, 0.1) is 11.8 Å². The fourth-order valence-corrected chi connectivity index (χ4v) is 14.5. The number of fused-ring (bicyclic) bond motifs is 2. The molecule has 0 spiro atoms. The number of aliphatic hydroxyl groups is 10. The zero-order valence-corrected chi connectivity index (χ0v) is 58.7. The highest BCUT2D eigenvalue weighted by atomic mass is 32.1. The van der Waals surface area contributed by atoms with E-state index >= 15 is 9.59 Å². The number of carbonyl (C=O) groups excluding carboxylic acids is 7. The summed E-state index contributed by atoms with van der Waals surface area (Å²) in [6.07, 6.45) is -3.93. The predicted molar refractivity (Wildman–Crippen MR) is 374 cm³/mol. The minimum absolute atomic E-state index is 0.0219. The molecular formula is C70H100N12O20S. The molecule has 1 saturated carbocycles. The van der Waals surface area contributed by atoms with Gasteiger partial charge >= 0.3 is 0 Å². The van der Waals surface area contributed by atoms with E-state index in [0.717, 1.165) is 60.5 Å². The Morgan fingerprint density at radius 2 is 1.29 bits per heavy atom. The molecule has 566 valence electrons. The number of aliphatic hydroxyl groups excluding tert-OH is 10. The number of anilines is 1. The first-order valence-electron chi connectivity index (χ1n) is 35.4. The third-order valence-electron chi connectivity index (χ3n) is 19.8. The van der Waals surface area contributed by atoms with Gasteiger partial charge in [-0.25, -0.2) is 0 Å². The molecule has 4 aromatic rings. The first-order valence-corrected chi connectivity index (χ1v) is 36.2. The molecule has 5 heterocycles. The number of amides is 7. The van der Waals surface area contributed by atoms with E-state index in [9.17, 15) is 80.1 Å². The molecule has 1 aromatic heterocycles. The van der Waals surface area contributed by atoms with Gasteiger partial charge in [0.25, 0.3) is 5.91 Å². The molecule has 7 amide bonds. The summed E-state index contributed by atoms with van der Waals surface area (Å²) in [6, 6.07) is 5.25. The van der Waals surface area contributed by atoms with Gasteiger partial charge in [0.15, 0.2) is 11.5 Å². The van der Waals surface area contributed by atoms with Crippen molar-refractivity contribution < 1.29 is 99.2 Å². The van der Waals surface area contributed by atoms with Crippen LogP contribution in [0.1, 0.15) is 94.0 Å². The number of aromatic nitrogens is 2. The summed E-state index contributed by atoms with van der Waals surface area (Å²) >= 11 is 1.33. The molecule has 0 radical (unpaired) electrons. The second-order valence-electron chi connectivity index (χ2n) is 27.5.